The van der Waals surface area contributed by atoms with E-state index < -0.39 is 5.92 Å². The van der Waals surface area contributed by atoms with E-state index in [9.17, 15) is 28.8 Å². The fraction of sp³-hybridized carbons (Fsp3) is 0.739. The summed E-state index contributed by atoms with van der Waals surface area (Å²) in [7, 11) is 5.72. The van der Waals surface area contributed by atoms with Crippen LogP contribution in [0.5, 0.6) is 0 Å². The number of nitrogens with one attached hydrogen (secondary N) is 1. The number of imide groups is 1. The molecule has 3 amide bonds. The number of ketones is 1. The molecule has 0 radical (unpaired) electrons. The van der Waals surface area contributed by atoms with Crippen molar-refractivity contribution in [3.63, 3.8) is 0 Å². The van der Waals surface area contributed by atoms with Crippen LogP contribution in [0.4, 0.5) is 0 Å². The van der Waals surface area contributed by atoms with Crippen molar-refractivity contribution in [3.05, 3.63) is 0 Å². The first-order chi connectivity index (χ1) is 15.1. The van der Waals surface area contributed by atoms with Gasteiger partial charge in [0.15, 0.2) is 0 Å². The Bertz CT molecular complexity index is 681. The van der Waals surface area contributed by atoms with E-state index in [2.05, 4.69) is 14.8 Å². The molecule has 1 N–H and O–H groups in total. The summed E-state index contributed by atoms with van der Waals surface area (Å²) >= 11 is 0. The highest BCUT2D eigenvalue weighted by Crippen LogP contribution is 2.23. The minimum atomic E-state index is -0.394. The first-order valence-electron chi connectivity index (χ1n) is 10.8. The van der Waals surface area contributed by atoms with Gasteiger partial charge in [-0.05, 0) is 6.92 Å². The normalized spacial score (nSPS) is 20.6. The molecule has 6 unspecified atom stereocenters. The molecule has 0 aromatic heterocycles. The summed E-state index contributed by atoms with van der Waals surface area (Å²) in [5.74, 6) is -2.50. The van der Waals surface area contributed by atoms with E-state index in [4.69, 9.17) is 0 Å². The Hall–Kier alpha value is -2.78. The molecule has 6 atom stereocenters. The SMILES string of the molecule is CC1C(=O)N(C)C(=O)C1C.CNC(=O)C(C)C(C)C(=O)OC.COC(=O)C(C)C(C)C(C)=O. The zero-order valence-corrected chi connectivity index (χ0v) is 21.7. The maximum absolute atomic E-state index is 11.1. The van der Waals surface area contributed by atoms with Crippen LogP contribution >= 0.6 is 0 Å². The second-order valence-electron chi connectivity index (χ2n) is 8.24. The number of carbonyl (C=O) groups is 6. The summed E-state index contributed by atoms with van der Waals surface area (Å²) in [4.78, 5) is 67.0. The zero-order valence-electron chi connectivity index (χ0n) is 21.7. The second kappa shape index (κ2) is 15.1. The molecule has 1 heterocycles. The summed E-state index contributed by atoms with van der Waals surface area (Å²) < 4.78 is 9.00. The topological polar surface area (TPSA) is 136 Å². The summed E-state index contributed by atoms with van der Waals surface area (Å²) in [6, 6.07) is 0. The zero-order chi connectivity index (χ0) is 26.6. The third-order valence-electron chi connectivity index (χ3n) is 6.14. The van der Waals surface area contributed by atoms with E-state index in [-0.39, 0.29) is 65.0 Å². The van der Waals surface area contributed by atoms with E-state index in [0.29, 0.717) is 0 Å². The van der Waals surface area contributed by atoms with Crippen molar-refractivity contribution in [2.24, 2.45) is 35.5 Å². The van der Waals surface area contributed by atoms with Gasteiger partial charge in [0.1, 0.15) is 5.78 Å². The van der Waals surface area contributed by atoms with Gasteiger partial charge in [-0.25, -0.2) is 0 Å². The van der Waals surface area contributed by atoms with Gasteiger partial charge < -0.3 is 14.8 Å². The molecule has 1 aliphatic heterocycles. The highest BCUT2D eigenvalue weighted by atomic mass is 16.5. The smallest absolute Gasteiger partial charge is 0.309 e. The van der Waals surface area contributed by atoms with Crippen LogP contribution in [0.1, 0.15) is 48.5 Å². The maximum atomic E-state index is 11.1. The van der Waals surface area contributed by atoms with Gasteiger partial charge in [-0.2, -0.15) is 0 Å². The number of methoxy groups -OCH3 is 2. The average molecular weight is 473 g/mol. The maximum Gasteiger partial charge on any atom is 0.309 e. The molecule has 0 aromatic carbocycles. The van der Waals surface area contributed by atoms with E-state index >= 15 is 0 Å². The Morgan fingerprint density at radius 3 is 1.33 bits per heavy atom. The highest BCUT2D eigenvalue weighted by Gasteiger charge is 2.39. The van der Waals surface area contributed by atoms with Crippen LogP contribution in [-0.4, -0.2) is 68.7 Å². The van der Waals surface area contributed by atoms with Crippen molar-refractivity contribution in [1.29, 1.82) is 0 Å². The van der Waals surface area contributed by atoms with Gasteiger partial charge in [0.25, 0.3) is 0 Å². The van der Waals surface area contributed by atoms with E-state index in [1.54, 1.807) is 48.6 Å². The Morgan fingerprint density at radius 1 is 0.788 bits per heavy atom. The Morgan fingerprint density at radius 2 is 1.12 bits per heavy atom. The lowest BCUT2D eigenvalue weighted by Gasteiger charge is -2.15. The van der Waals surface area contributed by atoms with Crippen LogP contribution < -0.4 is 5.32 Å². The molecule has 0 bridgehead atoms. The van der Waals surface area contributed by atoms with Gasteiger partial charge in [0.2, 0.25) is 17.7 Å². The number of amides is 3. The Labute approximate surface area is 196 Å². The lowest BCUT2D eigenvalue weighted by molar-refractivity contribution is -0.149. The second-order valence-corrected chi connectivity index (χ2v) is 8.24. The fourth-order valence-corrected chi connectivity index (χ4v) is 2.73. The first-order valence-corrected chi connectivity index (χ1v) is 10.8. The van der Waals surface area contributed by atoms with Crippen molar-refractivity contribution in [2.75, 3.05) is 28.3 Å². The van der Waals surface area contributed by atoms with Gasteiger partial charge in [0.05, 0.1) is 26.1 Å². The standard InChI is InChI=1S/C8H15NO3.C8H14O3.C7H11NO2/c1-5(7(10)9-3)6(2)8(11)12-4;1-5(7(3)9)6(2)8(10)11-4;1-4-5(2)7(10)8(3)6(4)9/h5-6H,1-4H3,(H,9,10);5-6H,1-4H3;4-5H,1-3H3. The van der Waals surface area contributed by atoms with E-state index in [1.807, 2.05) is 0 Å². The number of likely N-dealkylation sites (tertiary alicyclic amines) is 1. The lowest BCUT2D eigenvalue weighted by Crippen LogP contribution is -2.33. The third kappa shape index (κ3) is 9.71. The molecule has 190 valence electrons. The summed E-state index contributed by atoms with van der Waals surface area (Å²) in [6.45, 7) is 11.8. The largest absolute Gasteiger partial charge is 0.469 e. The molecular formula is C23H40N2O8. The molecule has 0 saturated carbocycles. The number of Topliss-reactive ketones (excluding diaryl/α,β-unsaturated/α-hetero) is 1. The number of hydrogen-bond acceptors (Lipinski definition) is 8. The van der Waals surface area contributed by atoms with Crippen LogP contribution in [-0.2, 0) is 38.2 Å². The molecule has 1 fully saturated rings. The average Bonchev–Trinajstić information content (AvgIpc) is 2.98. The number of carbonyl (C=O) groups excluding carboxylic acids is 6. The summed E-state index contributed by atoms with van der Waals surface area (Å²) in [5, 5.41) is 2.48. The number of rotatable bonds is 6. The molecule has 10 nitrogen and oxygen atoms in total. The predicted molar refractivity (Wildman–Crippen MR) is 122 cm³/mol. The molecule has 10 heteroatoms. The molecule has 33 heavy (non-hydrogen) atoms. The van der Waals surface area contributed by atoms with Crippen LogP contribution in [0.3, 0.4) is 0 Å². The van der Waals surface area contributed by atoms with Crippen molar-refractivity contribution in [1.82, 2.24) is 10.2 Å². The molecule has 1 saturated heterocycles. The van der Waals surface area contributed by atoms with Crippen LogP contribution in [0.15, 0.2) is 0 Å². The molecule has 0 spiro atoms. The molecule has 1 rings (SSSR count). The van der Waals surface area contributed by atoms with Gasteiger partial charge in [-0.1, -0.05) is 41.5 Å². The number of ether oxygens (including phenoxy) is 2. The Kier molecular flexibility index (Phi) is 14.9. The monoisotopic (exact) mass is 472 g/mol. The molecule has 1 aliphatic rings. The molecular weight excluding hydrogens is 432 g/mol. The summed E-state index contributed by atoms with van der Waals surface area (Å²) in [5.41, 5.74) is 0. The minimum absolute atomic E-state index is 0.0166. The van der Waals surface area contributed by atoms with Gasteiger partial charge in [0, 0.05) is 37.8 Å². The van der Waals surface area contributed by atoms with E-state index in [0.717, 1.165) is 0 Å². The summed E-state index contributed by atoms with van der Waals surface area (Å²) in [6.07, 6.45) is 0. The predicted octanol–water partition coefficient (Wildman–Crippen LogP) is 1.46. The van der Waals surface area contributed by atoms with Crippen molar-refractivity contribution in [3.8, 4) is 0 Å². The van der Waals surface area contributed by atoms with Gasteiger partial charge >= 0.3 is 11.9 Å². The minimum Gasteiger partial charge on any atom is -0.469 e. The number of hydrogen-bond donors (Lipinski definition) is 1. The van der Waals surface area contributed by atoms with Crippen molar-refractivity contribution in [2.45, 2.75) is 48.5 Å². The van der Waals surface area contributed by atoms with Crippen LogP contribution in [0.25, 0.3) is 0 Å². The Balaban J connectivity index is 0. The third-order valence-corrected chi connectivity index (χ3v) is 6.14. The molecule has 0 aliphatic carbocycles. The fourth-order valence-electron chi connectivity index (χ4n) is 2.73. The van der Waals surface area contributed by atoms with Crippen LogP contribution in [0, 0.1) is 35.5 Å². The lowest BCUT2D eigenvalue weighted by atomic mass is 9.93. The van der Waals surface area contributed by atoms with Crippen molar-refractivity contribution < 1.29 is 38.2 Å². The van der Waals surface area contributed by atoms with Gasteiger partial charge in [-0.3, -0.25) is 33.7 Å². The first kappa shape index (κ1) is 32.4. The quantitative estimate of drug-likeness (QED) is 0.453. The molecule has 0 aromatic rings. The van der Waals surface area contributed by atoms with Crippen LogP contribution in [0.2, 0.25) is 0 Å². The van der Waals surface area contributed by atoms with Crippen molar-refractivity contribution >= 4 is 35.4 Å². The number of nitrogens with zero attached hydrogens (tertiary/aromatic N) is 1. The number of esters is 2. The highest BCUT2D eigenvalue weighted by molar-refractivity contribution is 6.04. The van der Waals surface area contributed by atoms with E-state index in [1.165, 1.54) is 33.1 Å². The van der Waals surface area contributed by atoms with Gasteiger partial charge in [-0.15, -0.1) is 0 Å².